The van der Waals surface area contributed by atoms with E-state index in [1.165, 1.54) is 16.8 Å². The van der Waals surface area contributed by atoms with Crippen molar-refractivity contribution >= 4 is 5.69 Å². The van der Waals surface area contributed by atoms with E-state index in [1.54, 1.807) is 0 Å². The first kappa shape index (κ1) is 14.6. The Labute approximate surface area is 121 Å². The predicted octanol–water partition coefficient (Wildman–Crippen LogP) is 3.86. The van der Waals surface area contributed by atoms with Crippen molar-refractivity contribution in [1.82, 2.24) is 0 Å². The molecule has 1 unspecified atom stereocenters. The second-order valence-corrected chi connectivity index (χ2v) is 5.42. The predicted molar refractivity (Wildman–Crippen MR) is 85.2 cm³/mol. The van der Waals surface area contributed by atoms with Gasteiger partial charge in [0.2, 0.25) is 0 Å². The summed E-state index contributed by atoms with van der Waals surface area (Å²) in [7, 11) is 2.06. The Morgan fingerprint density at radius 1 is 1.05 bits per heavy atom. The zero-order chi connectivity index (χ0) is 14.5. The highest BCUT2D eigenvalue weighted by Crippen LogP contribution is 2.22. The smallest absolute Gasteiger partial charge is 0.0809 e. The third-order valence-corrected chi connectivity index (χ3v) is 3.72. The molecule has 20 heavy (non-hydrogen) atoms. The summed E-state index contributed by atoms with van der Waals surface area (Å²) in [6, 6.07) is 16.5. The third-order valence-electron chi connectivity index (χ3n) is 3.72. The minimum Gasteiger partial charge on any atom is -0.388 e. The van der Waals surface area contributed by atoms with Crippen molar-refractivity contribution in [3.8, 4) is 0 Å². The number of nitrogens with zero attached hydrogens (tertiary/aromatic N) is 1. The van der Waals surface area contributed by atoms with E-state index in [4.69, 9.17) is 0 Å². The van der Waals surface area contributed by atoms with Gasteiger partial charge in [-0.3, -0.25) is 0 Å². The average molecular weight is 269 g/mol. The van der Waals surface area contributed by atoms with Gasteiger partial charge >= 0.3 is 0 Å². The molecule has 1 N–H and O–H groups in total. The molecule has 0 bridgehead atoms. The van der Waals surface area contributed by atoms with E-state index in [0.29, 0.717) is 0 Å². The molecule has 0 aliphatic rings. The van der Waals surface area contributed by atoms with Crippen molar-refractivity contribution in [3.05, 3.63) is 65.2 Å². The highest BCUT2D eigenvalue weighted by atomic mass is 16.3. The highest BCUT2D eigenvalue weighted by molar-refractivity contribution is 5.45. The first-order valence-electron chi connectivity index (χ1n) is 7.09. The Hall–Kier alpha value is -1.80. The number of anilines is 1. The van der Waals surface area contributed by atoms with Crippen molar-refractivity contribution in [3.63, 3.8) is 0 Å². The summed E-state index contributed by atoms with van der Waals surface area (Å²) in [5.41, 5.74) is 4.62. The molecular weight excluding hydrogens is 246 g/mol. The quantitative estimate of drug-likeness (QED) is 0.891. The van der Waals surface area contributed by atoms with Crippen LogP contribution in [0.5, 0.6) is 0 Å². The van der Waals surface area contributed by atoms with Crippen molar-refractivity contribution in [2.75, 3.05) is 18.5 Å². The summed E-state index contributed by atoms with van der Waals surface area (Å²) in [6.07, 6.45) is 0.330. The first-order valence-corrected chi connectivity index (χ1v) is 7.09. The molecule has 0 amide bonds. The van der Waals surface area contributed by atoms with Gasteiger partial charge in [0.25, 0.3) is 0 Å². The minimum absolute atomic E-state index is 0.401. The molecule has 2 heteroatoms. The van der Waals surface area contributed by atoms with E-state index in [2.05, 4.69) is 50.1 Å². The number of benzene rings is 2. The van der Waals surface area contributed by atoms with Gasteiger partial charge in [-0.15, -0.1) is 0 Å². The number of hydrogen-bond acceptors (Lipinski definition) is 2. The molecule has 2 nitrogen and oxygen atoms in total. The van der Waals surface area contributed by atoms with E-state index in [-0.39, 0.29) is 0 Å². The Bertz CT molecular complexity index is 551. The topological polar surface area (TPSA) is 23.5 Å². The molecule has 2 aromatic carbocycles. The van der Waals surface area contributed by atoms with Crippen LogP contribution in [-0.4, -0.2) is 18.7 Å². The molecule has 0 fully saturated rings. The lowest BCUT2D eigenvalue weighted by molar-refractivity contribution is 0.169. The van der Waals surface area contributed by atoms with Crippen LogP contribution in [0, 0.1) is 13.8 Å². The van der Waals surface area contributed by atoms with Crippen molar-refractivity contribution in [2.45, 2.75) is 26.4 Å². The molecule has 2 aromatic rings. The third kappa shape index (κ3) is 3.61. The molecular formula is C18H23NO. The van der Waals surface area contributed by atoms with E-state index in [0.717, 1.165) is 18.5 Å². The van der Waals surface area contributed by atoms with Crippen LogP contribution in [0.1, 0.15) is 29.2 Å². The van der Waals surface area contributed by atoms with Crippen LogP contribution in [0.15, 0.2) is 48.5 Å². The minimum atomic E-state index is -0.401. The van der Waals surface area contributed by atoms with Crippen LogP contribution < -0.4 is 4.90 Å². The molecule has 1 atom stereocenters. The summed E-state index contributed by atoms with van der Waals surface area (Å²) >= 11 is 0. The number of hydrogen-bond donors (Lipinski definition) is 1. The van der Waals surface area contributed by atoms with Crippen LogP contribution in [0.25, 0.3) is 0 Å². The van der Waals surface area contributed by atoms with Gasteiger partial charge in [0.15, 0.2) is 0 Å². The molecule has 0 aliphatic heterocycles. The summed E-state index contributed by atoms with van der Waals surface area (Å²) in [5.74, 6) is 0. The normalized spacial score (nSPS) is 12.2. The molecule has 0 saturated carbocycles. The van der Waals surface area contributed by atoms with Crippen LogP contribution >= 0.6 is 0 Å². The Morgan fingerprint density at radius 2 is 1.75 bits per heavy atom. The molecule has 0 spiro atoms. The summed E-state index contributed by atoms with van der Waals surface area (Å²) in [4.78, 5) is 2.17. The van der Waals surface area contributed by atoms with Gasteiger partial charge in [-0.2, -0.15) is 0 Å². The molecule has 0 heterocycles. The van der Waals surface area contributed by atoms with Gasteiger partial charge in [-0.1, -0.05) is 42.0 Å². The lowest BCUT2D eigenvalue weighted by Crippen LogP contribution is -2.20. The zero-order valence-corrected chi connectivity index (χ0v) is 12.5. The molecule has 0 aromatic heterocycles. The number of aliphatic hydroxyl groups excluding tert-OH is 1. The molecule has 2 rings (SSSR count). The van der Waals surface area contributed by atoms with E-state index < -0.39 is 6.10 Å². The fourth-order valence-corrected chi connectivity index (χ4v) is 2.48. The Balaban J connectivity index is 1.96. The maximum atomic E-state index is 10.4. The second kappa shape index (κ2) is 6.58. The van der Waals surface area contributed by atoms with E-state index >= 15 is 0 Å². The lowest BCUT2D eigenvalue weighted by Gasteiger charge is -2.22. The highest BCUT2D eigenvalue weighted by Gasteiger charge is 2.11. The zero-order valence-electron chi connectivity index (χ0n) is 12.5. The number of para-hydroxylation sites is 1. The summed E-state index contributed by atoms with van der Waals surface area (Å²) < 4.78 is 0. The van der Waals surface area contributed by atoms with E-state index in [1.807, 2.05) is 24.3 Å². The Morgan fingerprint density at radius 3 is 2.40 bits per heavy atom. The van der Waals surface area contributed by atoms with Gasteiger partial charge in [0.1, 0.15) is 0 Å². The fourth-order valence-electron chi connectivity index (χ4n) is 2.48. The largest absolute Gasteiger partial charge is 0.388 e. The molecule has 0 saturated heterocycles. The van der Waals surface area contributed by atoms with Gasteiger partial charge in [-0.05, 0) is 43.5 Å². The van der Waals surface area contributed by atoms with Crippen molar-refractivity contribution < 1.29 is 5.11 Å². The average Bonchev–Trinajstić information content (AvgIpc) is 2.45. The first-order chi connectivity index (χ1) is 9.58. The SMILES string of the molecule is Cc1ccc(C(O)CCN(C)c2ccccc2)c(C)c1. The lowest BCUT2D eigenvalue weighted by atomic mass is 9.99. The van der Waals surface area contributed by atoms with E-state index in [9.17, 15) is 5.11 Å². The standard InChI is InChI=1S/C18H23NO/c1-14-9-10-17(15(2)13-14)18(20)11-12-19(3)16-7-5-4-6-8-16/h4-10,13,18,20H,11-12H2,1-3H3. The van der Waals surface area contributed by atoms with Gasteiger partial charge in [-0.25, -0.2) is 0 Å². The maximum absolute atomic E-state index is 10.4. The Kier molecular flexibility index (Phi) is 4.80. The summed E-state index contributed by atoms with van der Waals surface area (Å²) in [6.45, 7) is 4.97. The van der Waals surface area contributed by atoms with Crippen LogP contribution in [-0.2, 0) is 0 Å². The van der Waals surface area contributed by atoms with Crippen LogP contribution in [0.4, 0.5) is 5.69 Å². The fraction of sp³-hybridized carbons (Fsp3) is 0.333. The molecule has 106 valence electrons. The second-order valence-electron chi connectivity index (χ2n) is 5.42. The monoisotopic (exact) mass is 269 g/mol. The van der Waals surface area contributed by atoms with Crippen LogP contribution in [0.3, 0.4) is 0 Å². The molecule has 0 radical (unpaired) electrons. The number of aryl methyl sites for hydroxylation is 2. The number of aliphatic hydroxyl groups is 1. The maximum Gasteiger partial charge on any atom is 0.0809 e. The van der Waals surface area contributed by atoms with Gasteiger partial charge in [0.05, 0.1) is 6.10 Å². The van der Waals surface area contributed by atoms with Crippen molar-refractivity contribution in [2.24, 2.45) is 0 Å². The van der Waals surface area contributed by atoms with Gasteiger partial charge < -0.3 is 10.0 Å². The van der Waals surface area contributed by atoms with Gasteiger partial charge in [0, 0.05) is 19.3 Å². The number of rotatable bonds is 5. The molecule has 0 aliphatic carbocycles. The van der Waals surface area contributed by atoms with Crippen molar-refractivity contribution in [1.29, 1.82) is 0 Å². The summed E-state index contributed by atoms with van der Waals surface area (Å²) in [5, 5.41) is 10.4. The van der Waals surface area contributed by atoms with Crippen LogP contribution in [0.2, 0.25) is 0 Å².